The summed E-state index contributed by atoms with van der Waals surface area (Å²) in [6, 6.07) is 0. The molecular weight excluding hydrogens is 134 g/mol. The van der Waals surface area contributed by atoms with E-state index in [1.807, 2.05) is 6.92 Å². The number of ether oxygens (including phenoxy) is 1. The van der Waals surface area contributed by atoms with E-state index in [0.717, 1.165) is 0 Å². The van der Waals surface area contributed by atoms with Gasteiger partial charge in [-0.1, -0.05) is 0 Å². The molecule has 4 nitrogen and oxygen atoms in total. The van der Waals surface area contributed by atoms with Crippen LogP contribution in [0.4, 0.5) is 0 Å². The summed E-state index contributed by atoms with van der Waals surface area (Å²) < 4.78 is 5.06. The highest BCUT2D eigenvalue weighted by molar-refractivity contribution is 5.77. The summed E-state index contributed by atoms with van der Waals surface area (Å²) in [5.41, 5.74) is 0.665. The van der Waals surface area contributed by atoms with E-state index in [-0.39, 0.29) is 6.29 Å². The average molecular weight is 145 g/mol. The highest BCUT2D eigenvalue weighted by Gasteiger charge is 2.23. The first-order valence-corrected chi connectivity index (χ1v) is 3.32. The van der Waals surface area contributed by atoms with Crippen LogP contribution in [-0.2, 0) is 9.57 Å². The number of rotatable bonds is 2. The molecule has 0 spiro atoms. The van der Waals surface area contributed by atoms with Crippen LogP contribution in [0.2, 0.25) is 0 Å². The summed E-state index contributed by atoms with van der Waals surface area (Å²) in [4.78, 5) is 5.25. The molecule has 1 unspecified atom stereocenters. The summed E-state index contributed by atoms with van der Waals surface area (Å²) in [6.45, 7) is 4.17. The summed E-state index contributed by atoms with van der Waals surface area (Å²) in [6.07, 6.45) is 0.222. The van der Waals surface area contributed by atoms with Gasteiger partial charge in [-0.3, -0.25) is 5.21 Å². The van der Waals surface area contributed by atoms with Crippen LogP contribution in [0.1, 0.15) is 20.3 Å². The van der Waals surface area contributed by atoms with Gasteiger partial charge in [-0.2, -0.15) is 0 Å². The van der Waals surface area contributed by atoms with Crippen LogP contribution in [0.15, 0.2) is 0 Å². The molecule has 1 heterocycles. The highest BCUT2D eigenvalue weighted by Crippen LogP contribution is 2.09. The third-order valence-electron chi connectivity index (χ3n) is 1.34. The van der Waals surface area contributed by atoms with Crippen molar-refractivity contribution in [3.05, 3.63) is 5.21 Å². The van der Waals surface area contributed by atoms with Gasteiger partial charge in [0.25, 0.3) is 0 Å². The molecule has 0 saturated carbocycles. The van der Waals surface area contributed by atoms with Crippen molar-refractivity contribution in [2.24, 2.45) is 0 Å². The van der Waals surface area contributed by atoms with Crippen molar-refractivity contribution < 1.29 is 14.5 Å². The minimum atomic E-state index is -0.359. The summed E-state index contributed by atoms with van der Waals surface area (Å²) >= 11 is 0. The van der Waals surface area contributed by atoms with Crippen LogP contribution in [0.3, 0.4) is 0 Å². The Morgan fingerprint density at radius 3 is 3.00 bits per heavy atom. The molecule has 0 N–H and O–H groups in total. The fraction of sp³-hybridized carbons (Fsp3) is 0.833. The lowest BCUT2D eigenvalue weighted by molar-refractivity contribution is -0.752. The molecule has 0 aromatic carbocycles. The zero-order chi connectivity index (χ0) is 7.56. The predicted molar refractivity (Wildman–Crippen MR) is 35.4 cm³/mol. The lowest BCUT2D eigenvalue weighted by Gasteiger charge is -2.09. The molecule has 1 aliphatic rings. The molecule has 1 atom stereocenters. The molecule has 0 aromatic rings. The van der Waals surface area contributed by atoms with Crippen molar-refractivity contribution in [3.63, 3.8) is 0 Å². The molecule has 0 saturated heterocycles. The van der Waals surface area contributed by atoms with Crippen LogP contribution in [0.25, 0.3) is 0 Å². The first-order chi connectivity index (χ1) is 4.74. The maximum Gasteiger partial charge on any atom is 0.222 e. The molecule has 4 heteroatoms. The Bertz CT molecular complexity index is 141. The summed E-state index contributed by atoms with van der Waals surface area (Å²) in [5.74, 6) is 0. The van der Waals surface area contributed by atoms with Gasteiger partial charge in [0, 0.05) is 18.4 Å². The SMILES string of the molecule is CCOC1CC(C)=[N+]([O-])O1. The largest absolute Gasteiger partial charge is 0.372 e. The van der Waals surface area contributed by atoms with Crippen molar-refractivity contribution in [3.8, 4) is 0 Å². The third kappa shape index (κ3) is 1.39. The first-order valence-electron chi connectivity index (χ1n) is 3.32. The Labute approximate surface area is 59.6 Å². The van der Waals surface area contributed by atoms with Gasteiger partial charge >= 0.3 is 0 Å². The van der Waals surface area contributed by atoms with E-state index in [9.17, 15) is 5.21 Å². The first kappa shape index (κ1) is 7.34. The second-order valence-electron chi connectivity index (χ2n) is 2.19. The number of hydrogen-bond donors (Lipinski definition) is 0. The average Bonchev–Trinajstić information content (AvgIpc) is 2.14. The molecule has 0 amide bonds. The molecule has 58 valence electrons. The van der Waals surface area contributed by atoms with Crippen molar-refractivity contribution in [1.29, 1.82) is 0 Å². The van der Waals surface area contributed by atoms with Crippen LogP contribution < -0.4 is 0 Å². The molecule has 1 rings (SSSR count). The molecular formula is C6H11NO3. The van der Waals surface area contributed by atoms with Gasteiger partial charge in [-0.05, 0) is 6.92 Å². The Hall–Kier alpha value is -0.770. The standard InChI is InChI=1S/C6H11NO3/c1-3-9-6-4-5(2)7(8)10-6/h6H,3-4H2,1-2H3. The van der Waals surface area contributed by atoms with Gasteiger partial charge in [0.05, 0.1) is 6.42 Å². The third-order valence-corrected chi connectivity index (χ3v) is 1.34. The second-order valence-corrected chi connectivity index (χ2v) is 2.19. The smallest absolute Gasteiger partial charge is 0.222 e. The van der Waals surface area contributed by atoms with Crippen LogP contribution in [0, 0.1) is 5.21 Å². The number of hydrogen-bond acceptors (Lipinski definition) is 3. The van der Waals surface area contributed by atoms with E-state index in [0.29, 0.717) is 23.6 Å². The molecule has 1 aliphatic heterocycles. The topological polar surface area (TPSA) is 44.5 Å². The van der Waals surface area contributed by atoms with E-state index in [1.165, 1.54) is 0 Å². The monoisotopic (exact) mass is 145 g/mol. The van der Waals surface area contributed by atoms with Gasteiger partial charge in [0.2, 0.25) is 5.71 Å². The normalized spacial score (nSPS) is 25.2. The Morgan fingerprint density at radius 1 is 1.90 bits per heavy atom. The van der Waals surface area contributed by atoms with E-state index >= 15 is 0 Å². The Kier molecular flexibility index (Phi) is 2.11. The second kappa shape index (κ2) is 2.88. The minimum absolute atomic E-state index is 0.359. The fourth-order valence-corrected chi connectivity index (χ4v) is 0.825. The Morgan fingerprint density at radius 2 is 2.60 bits per heavy atom. The summed E-state index contributed by atoms with van der Waals surface area (Å²) in [5, 5.41) is 10.6. The summed E-state index contributed by atoms with van der Waals surface area (Å²) in [7, 11) is 0. The molecule has 0 aromatic heterocycles. The van der Waals surface area contributed by atoms with E-state index in [4.69, 9.17) is 9.57 Å². The van der Waals surface area contributed by atoms with Crippen LogP contribution in [-0.4, -0.2) is 23.5 Å². The van der Waals surface area contributed by atoms with Gasteiger partial charge in [-0.25, -0.2) is 0 Å². The van der Waals surface area contributed by atoms with Crippen molar-refractivity contribution in [1.82, 2.24) is 0 Å². The highest BCUT2D eigenvalue weighted by atomic mass is 16.9. The van der Waals surface area contributed by atoms with Crippen LogP contribution in [0.5, 0.6) is 0 Å². The van der Waals surface area contributed by atoms with E-state index in [2.05, 4.69) is 0 Å². The Balaban J connectivity index is 2.36. The van der Waals surface area contributed by atoms with Gasteiger partial charge in [0.15, 0.2) is 6.29 Å². The quantitative estimate of drug-likeness (QED) is 0.536. The zero-order valence-corrected chi connectivity index (χ0v) is 6.16. The van der Waals surface area contributed by atoms with Crippen LogP contribution >= 0.6 is 0 Å². The maximum absolute atomic E-state index is 10.6. The van der Waals surface area contributed by atoms with Gasteiger partial charge in [0.1, 0.15) is 0 Å². The molecule has 0 fully saturated rings. The molecule has 0 aliphatic carbocycles. The molecule has 10 heavy (non-hydrogen) atoms. The van der Waals surface area contributed by atoms with Gasteiger partial charge < -0.3 is 9.57 Å². The van der Waals surface area contributed by atoms with Crippen molar-refractivity contribution >= 4 is 5.71 Å². The fourth-order valence-electron chi connectivity index (χ4n) is 0.825. The van der Waals surface area contributed by atoms with Crippen molar-refractivity contribution in [2.75, 3.05) is 6.61 Å². The molecule has 0 bridgehead atoms. The lowest BCUT2D eigenvalue weighted by atomic mass is 10.3. The minimum Gasteiger partial charge on any atom is -0.372 e. The van der Waals surface area contributed by atoms with Gasteiger partial charge in [-0.15, -0.1) is 0 Å². The zero-order valence-electron chi connectivity index (χ0n) is 6.16. The number of nitrogens with zero attached hydrogens (tertiary/aromatic N) is 1. The molecule has 0 radical (unpaired) electrons. The van der Waals surface area contributed by atoms with E-state index < -0.39 is 0 Å². The lowest BCUT2D eigenvalue weighted by Crippen LogP contribution is -2.13. The van der Waals surface area contributed by atoms with Crippen molar-refractivity contribution in [2.45, 2.75) is 26.6 Å². The predicted octanol–water partition coefficient (Wildman–Crippen LogP) is 0.655. The maximum atomic E-state index is 10.6. The van der Waals surface area contributed by atoms with E-state index in [1.54, 1.807) is 6.92 Å².